The molecule has 0 unspecified atom stereocenters. The summed E-state index contributed by atoms with van der Waals surface area (Å²) in [5, 5.41) is 16.5. The molecule has 36 heavy (non-hydrogen) atoms. The van der Waals surface area contributed by atoms with Crippen LogP contribution >= 0.6 is 11.6 Å². The first kappa shape index (κ1) is 26.0. The Morgan fingerprint density at radius 2 is 1.69 bits per heavy atom. The van der Waals surface area contributed by atoms with E-state index in [1.807, 2.05) is 0 Å². The van der Waals surface area contributed by atoms with Crippen molar-refractivity contribution in [3.05, 3.63) is 92.6 Å². The summed E-state index contributed by atoms with van der Waals surface area (Å²) in [6.45, 7) is 0. The van der Waals surface area contributed by atoms with Crippen molar-refractivity contribution < 1.29 is 28.7 Å². The van der Waals surface area contributed by atoms with Crippen LogP contribution in [0, 0.1) is 10.1 Å². The van der Waals surface area contributed by atoms with Crippen molar-refractivity contribution in [2.24, 2.45) is 0 Å². The minimum absolute atomic E-state index is 0.0984. The molecule has 0 fully saturated rings. The summed E-state index contributed by atoms with van der Waals surface area (Å²) in [6.07, 6.45) is 1.32. The van der Waals surface area contributed by atoms with Crippen LogP contribution in [-0.4, -0.2) is 38.1 Å². The molecule has 3 aromatic rings. The van der Waals surface area contributed by atoms with Gasteiger partial charge in [0.25, 0.3) is 17.5 Å². The molecule has 0 saturated carbocycles. The van der Waals surface area contributed by atoms with Gasteiger partial charge >= 0.3 is 0 Å². The van der Waals surface area contributed by atoms with Gasteiger partial charge in [0, 0.05) is 23.9 Å². The number of halogens is 1. The number of methoxy groups -OCH3 is 3. The number of ether oxygens (including phenoxy) is 3. The third-order valence-corrected chi connectivity index (χ3v) is 5.26. The van der Waals surface area contributed by atoms with Gasteiger partial charge in [-0.05, 0) is 42.0 Å². The molecule has 0 atom stereocenters. The Hall–Kier alpha value is -4.57. The first-order valence-electron chi connectivity index (χ1n) is 10.4. The van der Waals surface area contributed by atoms with E-state index >= 15 is 0 Å². The highest BCUT2D eigenvalue weighted by atomic mass is 35.5. The first-order chi connectivity index (χ1) is 17.2. The lowest BCUT2D eigenvalue weighted by Crippen LogP contribution is -2.31. The SMILES string of the molecule is COc1ccc(C(=O)NC(=Cc2cccc([N+](=O)[O-])c2)C(=O)Nc2ccc(OC)c(OC)c2)c(Cl)c1. The van der Waals surface area contributed by atoms with Crippen molar-refractivity contribution in [1.82, 2.24) is 5.32 Å². The molecule has 2 N–H and O–H groups in total. The fraction of sp³-hybridized carbons (Fsp3) is 0.120. The molecule has 0 heterocycles. The van der Waals surface area contributed by atoms with Gasteiger partial charge in [0.15, 0.2) is 11.5 Å². The number of hydrogen-bond donors (Lipinski definition) is 2. The third-order valence-electron chi connectivity index (χ3n) is 4.95. The van der Waals surface area contributed by atoms with E-state index < -0.39 is 16.7 Å². The number of nitrogens with one attached hydrogen (secondary N) is 2. The zero-order valence-corrected chi connectivity index (χ0v) is 20.3. The fourth-order valence-corrected chi connectivity index (χ4v) is 3.42. The number of hydrogen-bond acceptors (Lipinski definition) is 7. The second kappa shape index (κ2) is 11.7. The predicted octanol–water partition coefficient (Wildman–Crippen LogP) is 4.68. The lowest BCUT2D eigenvalue weighted by molar-refractivity contribution is -0.384. The molecule has 3 rings (SSSR count). The minimum Gasteiger partial charge on any atom is -0.497 e. The fourth-order valence-electron chi connectivity index (χ4n) is 3.16. The second-order valence-corrected chi connectivity index (χ2v) is 7.64. The van der Waals surface area contributed by atoms with Gasteiger partial charge in [-0.2, -0.15) is 0 Å². The van der Waals surface area contributed by atoms with Crippen molar-refractivity contribution in [3.63, 3.8) is 0 Å². The molecule has 11 heteroatoms. The van der Waals surface area contributed by atoms with Crippen LogP contribution in [-0.2, 0) is 4.79 Å². The van der Waals surface area contributed by atoms with Crippen molar-refractivity contribution in [2.45, 2.75) is 0 Å². The van der Waals surface area contributed by atoms with E-state index in [1.165, 1.54) is 57.7 Å². The molecule has 0 saturated heterocycles. The summed E-state index contributed by atoms with van der Waals surface area (Å²) < 4.78 is 15.5. The highest BCUT2D eigenvalue weighted by molar-refractivity contribution is 6.34. The molecule has 0 aliphatic heterocycles. The number of rotatable bonds is 9. The number of anilines is 1. The zero-order chi connectivity index (χ0) is 26.2. The van der Waals surface area contributed by atoms with Crippen LogP contribution in [0.4, 0.5) is 11.4 Å². The third kappa shape index (κ3) is 6.30. The van der Waals surface area contributed by atoms with E-state index in [0.717, 1.165) is 0 Å². The minimum atomic E-state index is -0.688. The standard InChI is InChI=1S/C25H22ClN3O7/c1-34-18-8-9-19(20(26)14-18)24(30)28-21(12-15-5-4-6-17(11-15)29(32)33)25(31)27-16-7-10-22(35-2)23(13-16)36-3/h4-14H,1-3H3,(H,27,31)(H,28,30). The van der Waals surface area contributed by atoms with Gasteiger partial charge in [0.2, 0.25) is 0 Å². The Kier molecular flexibility index (Phi) is 8.48. The van der Waals surface area contributed by atoms with Gasteiger partial charge in [-0.3, -0.25) is 19.7 Å². The van der Waals surface area contributed by atoms with Gasteiger partial charge < -0.3 is 24.8 Å². The zero-order valence-electron chi connectivity index (χ0n) is 19.5. The molecule has 2 amide bonds. The van der Waals surface area contributed by atoms with Crippen LogP contribution in [0.1, 0.15) is 15.9 Å². The van der Waals surface area contributed by atoms with Gasteiger partial charge in [0.05, 0.1) is 36.8 Å². The van der Waals surface area contributed by atoms with Gasteiger partial charge in [0.1, 0.15) is 11.4 Å². The van der Waals surface area contributed by atoms with Crippen LogP contribution in [0.2, 0.25) is 5.02 Å². The van der Waals surface area contributed by atoms with Crippen LogP contribution in [0.25, 0.3) is 6.08 Å². The molecule has 0 aromatic heterocycles. The summed E-state index contributed by atoms with van der Waals surface area (Å²) in [5.74, 6) is -0.0533. The number of nitro groups is 1. The van der Waals surface area contributed by atoms with E-state index in [9.17, 15) is 19.7 Å². The van der Waals surface area contributed by atoms with Crippen molar-refractivity contribution in [2.75, 3.05) is 26.6 Å². The predicted molar refractivity (Wildman–Crippen MR) is 135 cm³/mol. The van der Waals surface area contributed by atoms with Gasteiger partial charge in [-0.15, -0.1) is 0 Å². The smallest absolute Gasteiger partial charge is 0.272 e. The molecule has 0 bridgehead atoms. The van der Waals surface area contributed by atoms with E-state index in [-0.39, 0.29) is 22.0 Å². The number of carbonyl (C=O) groups is 2. The quantitative estimate of drug-likeness (QED) is 0.242. The number of amides is 2. The van der Waals surface area contributed by atoms with E-state index in [1.54, 1.807) is 30.3 Å². The Bertz CT molecular complexity index is 1340. The maximum Gasteiger partial charge on any atom is 0.272 e. The number of nitro benzene ring substituents is 1. The summed E-state index contributed by atoms with van der Waals surface area (Å²) in [5.41, 5.74) is 0.429. The van der Waals surface area contributed by atoms with Crippen LogP contribution in [0.5, 0.6) is 17.2 Å². The molecule has 0 aliphatic rings. The monoisotopic (exact) mass is 511 g/mol. The van der Waals surface area contributed by atoms with Crippen LogP contribution in [0.3, 0.4) is 0 Å². The molecule has 0 spiro atoms. The Balaban J connectivity index is 1.96. The van der Waals surface area contributed by atoms with Gasteiger partial charge in [-0.25, -0.2) is 0 Å². The second-order valence-electron chi connectivity index (χ2n) is 7.23. The van der Waals surface area contributed by atoms with Crippen LogP contribution < -0.4 is 24.8 Å². The summed E-state index contributed by atoms with van der Waals surface area (Å²) in [4.78, 5) is 36.8. The normalized spacial score (nSPS) is 10.8. The molecule has 0 radical (unpaired) electrons. The maximum atomic E-state index is 13.2. The summed E-state index contributed by atoms with van der Waals surface area (Å²) >= 11 is 6.21. The number of benzene rings is 3. The Morgan fingerprint density at radius 3 is 2.33 bits per heavy atom. The lowest BCUT2D eigenvalue weighted by Gasteiger charge is -2.14. The number of carbonyl (C=O) groups excluding carboxylic acids is 2. The number of nitrogens with zero attached hydrogens (tertiary/aromatic N) is 1. The average Bonchev–Trinajstić information content (AvgIpc) is 2.88. The first-order valence-corrected chi connectivity index (χ1v) is 10.8. The lowest BCUT2D eigenvalue weighted by atomic mass is 10.1. The number of non-ortho nitro benzene ring substituents is 1. The van der Waals surface area contributed by atoms with Gasteiger partial charge in [-0.1, -0.05) is 23.7 Å². The molecule has 0 aliphatic carbocycles. The molecule has 10 nitrogen and oxygen atoms in total. The van der Waals surface area contributed by atoms with Crippen molar-refractivity contribution in [3.8, 4) is 17.2 Å². The van der Waals surface area contributed by atoms with E-state index in [0.29, 0.717) is 28.5 Å². The maximum absolute atomic E-state index is 13.2. The average molecular weight is 512 g/mol. The van der Waals surface area contributed by atoms with Crippen molar-refractivity contribution >= 4 is 40.9 Å². The molecule has 3 aromatic carbocycles. The summed E-state index contributed by atoms with van der Waals surface area (Å²) in [7, 11) is 4.40. The largest absolute Gasteiger partial charge is 0.497 e. The Labute approximate surface area is 211 Å². The van der Waals surface area contributed by atoms with Crippen LogP contribution in [0.15, 0.2) is 66.4 Å². The highest BCUT2D eigenvalue weighted by Crippen LogP contribution is 2.30. The topological polar surface area (TPSA) is 129 Å². The Morgan fingerprint density at radius 1 is 0.944 bits per heavy atom. The van der Waals surface area contributed by atoms with Crippen molar-refractivity contribution in [1.29, 1.82) is 0 Å². The van der Waals surface area contributed by atoms with E-state index in [4.69, 9.17) is 25.8 Å². The molecular formula is C25H22ClN3O7. The highest BCUT2D eigenvalue weighted by Gasteiger charge is 2.19. The van der Waals surface area contributed by atoms with E-state index in [2.05, 4.69) is 10.6 Å². The summed E-state index contributed by atoms with van der Waals surface area (Å²) in [6, 6.07) is 14.8. The molecule has 186 valence electrons. The molecular weight excluding hydrogens is 490 g/mol.